The second kappa shape index (κ2) is 5.89. The van der Waals surface area contributed by atoms with Crippen molar-refractivity contribution in [2.75, 3.05) is 7.11 Å². The summed E-state index contributed by atoms with van der Waals surface area (Å²) in [6, 6.07) is 15.0. The third kappa shape index (κ3) is 3.25. The topological polar surface area (TPSA) is 29.5 Å². The van der Waals surface area contributed by atoms with E-state index < -0.39 is 6.10 Å². The fourth-order valence-corrected chi connectivity index (χ4v) is 1.91. The maximum absolute atomic E-state index is 10.1. The Labute approximate surface area is 112 Å². The van der Waals surface area contributed by atoms with Gasteiger partial charge in [-0.2, -0.15) is 0 Å². The van der Waals surface area contributed by atoms with Crippen LogP contribution >= 0.6 is 11.6 Å². The Morgan fingerprint density at radius 2 is 1.67 bits per heavy atom. The van der Waals surface area contributed by atoms with Crippen LogP contribution in [0.4, 0.5) is 0 Å². The first-order chi connectivity index (χ1) is 8.69. The second-order valence-electron chi connectivity index (χ2n) is 4.12. The lowest BCUT2D eigenvalue weighted by Crippen LogP contribution is -2.01. The van der Waals surface area contributed by atoms with Crippen molar-refractivity contribution >= 4 is 11.6 Å². The molecule has 0 saturated heterocycles. The van der Waals surface area contributed by atoms with Crippen LogP contribution in [-0.2, 0) is 6.42 Å². The van der Waals surface area contributed by atoms with E-state index in [0.717, 1.165) is 16.9 Å². The summed E-state index contributed by atoms with van der Waals surface area (Å²) in [5.74, 6) is 0.819. The minimum Gasteiger partial charge on any atom is -0.497 e. The molecule has 94 valence electrons. The lowest BCUT2D eigenvalue weighted by molar-refractivity contribution is 0.178. The van der Waals surface area contributed by atoms with E-state index in [0.29, 0.717) is 11.4 Å². The van der Waals surface area contributed by atoms with E-state index in [1.807, 2.05) is 36.4 Å². The van der Waals surface area contributed by atoms with Crippen LogP contribution in [0.5, 0.6) is 5.75 Å². The Morgan fingerprint density at radius 1 is 1.06 bits per heavy atom. The van der Waals surface area contributed by atoms with Gasteiger partial charge >= 0.3 is 0 Å². The number of benzene rings is 2. The summed E-state index contributed by atoms with van der Waals surface area (Å²) in [7, 11) is 1.64. The molecule has 0 radical (unpaired) electrons. The minimum absolute atomic E-state index is 0.518. The van der Waals surface area contributed by atoms with Crippen LogP contribution in [0, 0.1) is 0 Å². The monoisotopic (exact) mass is 262 g/mol. The van der Waals surface area contributed by atoms with Crippen molar-refractivity contribution in [3.63, 3.8) is 0 Å². The molecule has 2 nitrogen and oxygen atoms in total. The smallest absolute Gasteiger partial charge is 0.118 e. The van der Waals surface area contributed by atoms with Crippen molar-refractivity contribution in [2.24, 2.45) is 0 Å². The molecule has 0 heterocycles. The predicted octanol–water partition coefficient (Wildman–Crippen LogP) is 3.62. The van der Waals surface area contributed by atoms with Gasteiger partial charge in [0.15, 0.2) is 0 Å². The molecule has 1 unspecified atom stereocenters. The molecule has 2 aromatic rings. The minimum atomic E-state index is -0.518. The van der Waals surface area contributed by atoms with Gasteiger partial charge in [-0.3, -0.25) is 0 Å². The molecule has 0 fully saturated rings. The van der Waals surface area contributed by atoms with Crippen LogP contribution in [0.15, 0.2) is 48.5 Å². The zero-order valence-corrected chi connectivity index (χ0v) is 10.9. The normalized spacial score (nSPS) is 12.2. The van der Waals surface area contributed by atoms with Gasteiger partial charge in [-0.15, -0.1) is 0 Å². The van der Waals surface area contributed by atoms with Crippen LogP contribution in [0.3, 0.4) is 0 Å². The molecule has 0 aromatic heterocycles. The first kappa shape index (κ1) is 12.9. The molecule has 18 heavy (non-hydrogen) atoms. The lowest BCUT2D eigenvalue weighted by Gasteiger charge is -2.11. The molecular weight excluding hydrogens is 248 g/mol. The Morgan fingerprint density at radius 3 is 2.22 bits per heavy atom. The molecule has 2 aromatic carbocycles. The van der Waals surface area contributed by atoms with Gasteiger partial charge < -0.3 is 9.84 Å². The van der Waals surface area contributed by atoms with Crippen LogP contribution in [0.2, 0.25) is 5.02 Å². The van der Waals surface area contributed by atoms with Gasteiger partial charge in [0.05, 0.1) is 13.2 Å². The largest absolute Gasteiger partial charge is 0.497 e. The fourth-order valence-electron chi connectivity index (χ4n) is 1.79. The number of ether oxygens (including phenoxy) is 1. The average molecular weight is 263 g/mol. The SMILES string of the molecule is COc1ccc(CC(O)c2ccc(Cl)cc2)cc1. The van der Waals surface area contributed by atoms with Gasteiger partial charge in [0.25, 0.3) is 0 Å². The lowest BCUT2D eigenvalue weighted by atomic mass is 10.0. The maximum atomic E-state index is 10.1. The summed E-state index contributed by atoms with van der Waals surface area (Å²) in [5.41, 5.74) is 1.94. The standard InChI is InChI=1S/C15H15ClO2/c1-18-14-8-2-11(3-9-14)10-15(17)12-4-6-13(16)7-5-12/h2-9,15,17H,10H2,1H3. The first-order valence-corrected chi connectivity index (χ1v) is 6.13. The average Bonchev–Trinajstić information content (AvgIpc) is 2.40. The number of methoxy groups -OCH3 is 1. The van der Waals surface area contributed by atoms with Crippen molar-refractivity contribution in [3.8, 4) is 5.75 Å². The Bertz CT molecular complexity index is 491. The molecule has 0 amide bonds. The number of hydrogen-bond donors (Lipinski definition) is 1. The summed E-state index contributed by atoms with van der Waals surface area (Å²) in [5, 5.41) is 10.8. The number of hydrogen-bond acceptors (Lipinski definition) is 2. The molecule has 2 rings (SSSR count). The van der Waals surface area contributed by atoms with E-state index >= 15 is 0 Å². The highest BCUT2D eigenvalue weighted by Crippen LogP contribution is 2.21. The third-order valence-electron chi connectivity index (χ3n) is 2.84. The summed E-state index contributed by atoms with van der Waals surface area (Å²) in [4.78, 5) is 0. The second-order valence-corrected chi connectivity index (χ2v) is 4.56. The highest BCUT2D eigenvalue weighted by molar-refractivity contribution is 6.30. The third-order valence-corrected chi connectivity index (χ3v) is 3.09. The van der Waals surface area contributed by atoms with E-state index in [4.69, 9.17) is 16.3 Å². The molecule has 1 N–H and O–H groups in total. The molecule has 0 aliphatic heterocycles. The molecule has 0 aliphatic rings. The van der Waals surface area contributed by atoms with E-state index in [-0.39, 0.29) is 0 Å². The van der Waals surface area contributed by atoms with Crippen molar-refractivity contribution in [1.29, 1.82) is 0 Å². The zero-order chi connectivity index (χ0) is 13.0. The molecule has 0 aliphatic carbocycles. The zero-order valence-electron chi connectivity index (χ0n) is 10.1. The summed E-state index contributed by atoms with van der Waals surface area (Å²) in [6.45, 7) is 0. The summed E-state index contributed by atoms with van der Waals surface area (Å²) >= 11 is 5.81. The number of halogens is 1. The van der Waals surface area contributed by atoms with Crippen molar-refractivity contribution in [1.82, 2.24) is 0 Å². The van der Waals surface area contributed by atoms with Gasteiger partial charge in [-0.25, -0.2) is 0 Å². The van der Waals surface area contributed by atoms with Gasteiger partial charge in [0.2, 0.25) is 0 Å². The highest BCUT2D eigenvalue weighted by atomic mass is 35.5. The summed E-state index contributed by atoms with van der Waals surface area (Å²) < 4.78 is 5.09. The number of aliphatic hydroxyl groups excluding tert-OH is 1. The van der Waals surface area contributed by atoms with E-state index in [1.165, 1.54) is 0 Å². The van der Waals surface area contributed by atoms with Gasteiger partial charge in [0.1, 0.15) is 5.75 Å². The van der Waals surface area contributed by atoms with Crippen molar-refractivity contribution in [3.05, 3.63) is 64.7 Å². The Kier molecular flexibility index (Phi) is 4.24. The number of aliphatic hydroxyl groups is 1. The van der Waals surface area contributed by atoms with Crippen LogP contribution < -0.4 is 4.74 Å². The first-order valence-electron chi connectivity index (χ1n) is 5.75. The molecule has 0 bridgehead atoms. The van der Waals surface area contributed by atoms with Crippen molar-refractivity contribution in [2.45, 2.75) is 12.5 Å². The van der Waals surface area contributed by atoms with Gasteiger partial charge in [-0.05, 0) is 35.4 Å². The number of rotatable bonds is 4. The summed E-state index contributed by atoms with van der Waals surface area (Å²) in [6.07, 6.45) is 0.0571. The van der Waals surface area contributed by atoms with Gasteiger partial charge in [0, 0.05) is 11.4 Å². The molecule has 3 heteroatoms. The Balaban J connectivity index is 2.05. The molecule has 1 atom stereocenters. The quantitative estimate of drug-likeness (QED) is 0.912. The van der Waals surface area contributed by atoms with Crippen LogP contribution in [-0.4, -0.2) is 12.2 Å². The van der Waals surface area contributed by atoms with E-state index in [2.05, 4.69) is 0 Å². The maximum Gasteiger partial charge on any atom is 0.118 e. The van der Waals surface area contributed by atoms with Crippen LogP contribution in [0.1, 0.15) is 17.2 Å². The van der Waals surface area contributed by atoms with Crippen molar-refractivity contribution < 1.29 is 9.84 Å². The molecule has 0 spiro atoms. The van der Waals surface area contributed by atoms with E-state index in [1.54, 1.807) is 19.2 Å². The van der Waals surface area contributed by atoms with E-state index in [9.17, 15) is 5.11 Å². The molecular formula is C15H15ClO2. The fraction of sp³-hybridized carbons (Fsp3) is 0.200. The van der Waals surface area contributed by atoms with Crippen LogP contribution in [0.25, 0.3) is 0 Å². The van der Waals surface area contributed by atoms with Gasteiger partial charge in [-0.1, -0.05) is 35.9 Å². The molecule has 0 saturated carbocycles. The Hall–Kier alpha value is -1.51. The predicted molar refractivity (Wildman–Crippen MR) is 73.1 cm³/mol. The highest BCUT2D eigenvalue weighted by Gasteiger charge is 2.08.